The van der Waals surface area contributed by atoms with Crippen molar-refractivity contribution in [2.45, 2.75) is 24.9 Å². The van der Waals surface area contributed by atoms with Gasteiger partial charge in [-0.3, -0.25) is 9.36 Å². The van der Waals surface area contributed by atoms with E-state index in [9.17, 15) is 9.36 Å². The van der Waals surface area contributed by atoms with Crippen molar-refractivity contribution in [1.82, 2.24) is 0 Å². The summed E-state index contributed by atoms with van der Waals surface area (Å²) in [4.78, 5) is 13.1. The van der Waals surface area contributed by atoms with Gasteiger partial charge in [0.05, 0.1) is 19.4 Å². The molecule has 0 aromatic heterocycles. The van der Waals surface area contributed by atoms with Gasteiger partial charge in [-0.05, 0) is 49.1 Å². The first-order chi connectivity index (χ1) is 13.0. The third kappa shape index (κ3) is 7.73. The molecule has 1 amide bonds. The second kappa shape index (κ2) is 11.1. The summed E-state index contributed by atoms with van der Waals surface area (Å²) < 4.78 is 23.2. The number of benzene rings is 2. The first-order valence-electron chi connectivity index (χ1n) is 8.71. The quantitative estimate of drug-likeness (QED) is 0.312. The van der Waals surface area contributed by atoms with Crippen LogP contribution in [0.15, 0.2) is 71.0 Å². The predicted molar refractivity (Wildman–Crippen MR) is 111 cm³/mol. The van der Waals surface area contributed by atoms with Crippen LogP contribution in [0, 0.1) is 0 Å². The molecule has 144 valence electrons. The topological polar surface area (TPSA) is 64.6 Å². The Morgan fingerprint density at radius 3 is 2.26 bits per heavy atom. The fourth-order valence-electron chi connectivity index (χ4n) is 2.30. The number of carbonyl (C=O) groups excluding carboxylic acids is 1. The van der Waals surface area contributed by atoms with E-state index in [1.54, 1.807) is 31.4 Å². The maximum atomic E-state index is 12.6. The molecule has 5 nitrogen and oxygen atoms in total. The standard InChI is InChI=1S/C20H24NO4PS/c1-3-24-26(23,25-4-2)16-17-10-12-18(13-11-17)21-20(22)14-15-27-19-8-6-5-7-9-19/h5-15H,3-4,16H2,1-2H3,(H,21,22)/b15-14+. The van der Waals surface area contributed by atoms with Crippen molar-refractivity contribution in [3.8, 4) is 0 Å². The second-order valence-electron chi connectivity index (χ2n) is 5.52. The Labute approximate surface area is 164 Å². The Kier molecular flexibility index (Phi) is 8.82. The Bertz CT molecular complexity index is 783. The van der Waals surface area contributed by atoms with Crippen molar-refractivity contribution in [2.75, 3.05) is 18.5 Å². The molecule has 0 aliphatic heterocycles. The lowest BCUT2D eigenvalue weighted by molar-refractivity contribution is -0.111. The van der Waals surface area contributed by atoms with Crippen LogP contribution in [0.5, 0.6) is 0 Å². The zero-order valence-electron chi connectivity index (χ0n) is 15.5. The highest BCUT2D eigenvalue weighted by Crippen LogP contribution is 2.51. The average Bonchev–Trinajstić information content (AvgIpc) is 2.64. The summed E-state index contributed by atoms with van der Waals surface area (Å²) in [5.41, 5.74) is 1.49. The summed E-state index contributed by atoms with van der Waals surface area (Å²) in [6.07, 6.45) is 1.69. The van der Waals surface area contributed by atoms with Crippen LogP contribution < -0.4 is 5.32 Å². The molecular formula is C20H24NO4PS. The minimum absolute atomic E-state index is 0.205. The largest absolute Gasteiger partial charge is 0.335 e. The van der Waals surface area contributed by atoms with E-state index in [0.717, 1.165) is 10.5 Å². The van der Waals surface area contributed by atoms with Gasteiger partial charge < -0.3 is 14.4 Å². The minimum atomic E-state index is -3.13. The lowest BCUT2D eigenvalue weighted by Crippen LogP contribution is -2.07. The lowest BCUT2D eigenvalue weighted by atomic mass is 10.2. The van der Waals surface area contributed by atoms with Gasteiger partial charge in [-0.15, -0.1) is 0 Å². The predicted octanol–water partition coefficient (Wildman–Crippen LogP) is 5.70. The van der Waals surface area contributed by atoms with Crippen LogP contribution in [-0.2, 0) is 24.6 Å². The number of rotatable bonds is 10. The molecule has 0 radical (unpaired) electrons. The number of carbonyl (C=O) groups is 1. The van der Waals surface area contributed by atoms with Gasteiger partial charge in [0.15, 0.2) is 0 Å². The van der Waals surface area contributed by atoms with Gasteiger partial charge in [0.25, 0.3) is 0 Å². The van der Waals surface area contributed by atoms with E-state index in [2.05, 4.69) is 5.32 Å². The molecule has 0 bridgehead atoms. The molecule has 0 spiro atoms. The molecule has 0 saturated carbocycles. The van der Waals surface area contributed by atoms with E-state index in [4.69, 9.17) is 9.05 Å². The Balaban J connectivity index is 1.89. The normalized spacial score (nSPS) is 11.6. The summed E-state index contributed by atoms with van der Waals surface area (Å²) in [6, 6.07) is 17.0. The monoisotopic (exact) mass is 405 g/mol. The first kappa shape index (κ1) is 21.5. The molecule has 0 aliphatic carbocycles. The molecule has 0 aliphatic rings. The van der Waals surface area contributed by atoms with Gasteiger partial charge in [0.2, 0.25) is 5.91 Å². The number of anilines is 1. The zero-order chi connectivity index (χ0) is 19.5. The molecule has 27 heavy (non-hydrogen) atoms. The lowest BCUT2D eigenvalue weighted by Gasteiger charge is -2.17. The summed E-state index contributed by atoms with van der Waals surface area (Å²) >= 11 is 1.48. The number of amides is 1. The maximum absolute atomic E-state index is 12.6. The molecule has 7 heteroatoms. The first-order valence-corrected chi connectivity index (χ1v) is 11.3. The Morgan fingerprint density at radius 2 is 1.67 bits per heavy atom. The van der Waals surface area contributed by atoms with Crippen molar-refractivity contribution in [1.29, 1.82) is 0 Å². The third-order valence-electron chi connectivity index (χ3n) is 3.42. The van der Waals surface area contributed by atoms with Crippen LogP contribution in [0.25, 0.3) is 0 Å². The van der Waals surface area contributed by atoms with Gasteiger partial charge in [0, 0.05) is 16.7 Å². The molecule has 0 heterocycles. The molecule has 2 aromatic rings. The highest BCUT2D eigenvalue weighted by Gasteiger charge is 2.23. The molecule has 0 saturated heterocycles. The molecule has 0 unspecified atom stereocenters. The number of hydrogen-bond donors (Lipinski definition) is 1. The molecule has 0 fully saturated rings. The Hall–Kier alpha value is -1.85. The van der Waals surface area contributed by atoms with Crippen LogP contribution in [0.3, 0.4) is 0 Å². The minimum Gasteiger partial charge on any atom is -0.322 e. The average molecular weight is 405 g/mol. The van der Waals surface area contributed by atoms with Crippen molar-refractivity contribution >= 4 is 31.0 Å². The number of thioether (sulfide) groups is 1. The second-order valence-corrected chi connectivity index (χ2v) is 8.56. The van der Waals surface area contributed by atoms with Crippen LogP contribution >= 0.6 is 19.4 Å². The van der Waals surface area contributed by atoms with E-state index in [0.29, 0.717) is 18.9 Å². The van der Waals surface area contributed by atoms with Gasteiger partial charge >= 0.3 is 7.60 Å². The highest BCUT2D eigenvalue weighted by molar-refractivity contribution is 8.02. The summed E-state index contributed by atoms with van der Waals surface area (Å²) in [5, 5.41) is 4.55. The van der Waals surface area contributed by atoms with Crippen LogP contribution in [0.1, 0.15) is 19.4 Å². The molecular weight excluding hydrogens is 381 g/mol. The van der Waals surface area contributed by atoms with E-state index in [-0.39, 0.29) is 12.1 Å². The van der Waals surface area contributed by atoms with E-state index in [1.165, 1.54) is 17.8 Å². The summed E-state index contributed by atoms with van der Waals surface area (Å²) in [6.45, 7) is 4.24. The molecule has 0 atom stereocenters. The van der Waals surface area contributed by atoms with Crippen molar-refractivity contribution in [3.63, 3.8) is 0 Å². The number of nitrogens with one attached hydrogen (secondary N) is 1. The van der Waals surface area contributed by atoms with Crippen molar-refractivity contribution in [2.24, 2.45) is 0 Å². The van der Waals surface area contributed by atoms with E-state index < -0.39 is 7.60 Å². The van der Waals surface area contributed by atoms with Gasteiger partial charge in [0.1, 0.15) is 0 Å². The maximum Gasteiger partial charge on any atom is 0.335 e. The van der Waals surface area contributed by atoms with E-state index >= 15 is 0 Å². The highest BCUT2D eigenvalue weighted by atomic mass is 32.2. The SMILES string of the molecule is CCOP(=O)(Cc1ccc(NC(=O)/C=C/Sc2ccccc2)cc1)OCC. The van der Waals surface area contributed by atoms with Gasteiger partial charge in [-0.1, -0.05) is 42.1 Å². The van der Waals surface area contributed by atoms with Gasteiger partial charge in [-0.25, -0.2) is 0 Å². The molecule has 2 rings (SSSR count). The summed E-state index contributed by atoms with van der Waals surface area (Å²) in [7, 11) is -3.13. The van der Waals surface area contributed by atoms with Gasteiger partial charge in [-0.2, -0.15) is 0 Å². The van der Waals surface area contributed by atoms with Crippen LogP contribution in [-0.4, -0.2) is 19.1 Å². The van der Waals surface area contributed by atoms with E-state index in [1.807, 2.05) is 42.5 Å². The van der Waals surface area contributed by atoms with Crippen LogP contribution in [0.2, 0.25) is 0 Å². The molecule has 1 N–H and O–H groups in total. The van der Waals surface area contributed by atoms with Crippen LogP contribution in [0.4, 0.5) is 5.69 Å². The van der Waals surface area contributed by atoms with Crippen molar-refractivity contribution in [3.05, 3.63) is 71.6 Å². The third-order valence-corrected chi connectivity index (χ3v) is 6.29. The fourth-order valence-corrected chi connectivity index (χ4v) is 4.66. The molecule has 2 aromatic carbocycles. The smallest absolute Gasteiger partial charge is 0.322 e. The number of hydrogen-bond acceptors (Lipinski definition) is 5. The Morgan fingerprint density at radius 1 is 1.04 bits per heavy atom. The van der Waals surface area contributed by atoms with Crippen molar-refractivity contribution < 1.29 is 18.4 Å². The zero-order valence-corrected chi connectivity index (χ0v) is 17.2. The summed E-state index contributed by atoms with van der Waals surface area (Å²) in [5.74, 6) is -0.208. The fraction of sp³-hybridized carbons (Fsp3) is 0.250.